The first-order valence-corrected chi connectivity index (χ1v) is 5.18. The quantitative estimate of drug-likeness (QED) is 0.318. The Bertz CT molecular complexity index is 392. The minimum Gasteiger partial charge on any atom is -0.410 e. The standard InChI is InChI=1S/C11H15N3O3/c1-2-9(10(12)14-16)13-11(15)17-8-6-4-3-5-7-8/h3-7,9,16H,2H2,1H3,(H2,12,14)(H,13,15). The third-order valence-corrected chi connectivity index (χ3v) is 2.13. The van der Waals surface area contributed by atoms with Crippen molar-refractivity contribution in [2.45, 2.75) is 19.4 Å². The van der Waals surface area contributed by atoms with Crippen LogP contribution in [0, 0.1) is 0 Å². The highest BCUT2D eigenvalue weighted by Gasteiger charge is 2.15. The maximum absolute atomic E-state index is 11.5. The molecule has 1 aromatic carbocycles. The second-order valence-corrected chi connectivity index (χ2v) is 3.33. The average molecular weight is 237 g/mol. The molecule has 1 atom stereocenters. The number of benzene rings is 1. The molecule has 4 N–H and O–H groups in total. The van der Waals surface area contributed by atoms with Gasteiger partial charge in [0, 0.05) is 0 Å². The number of nitrogens with one attached hydrogen (secondary N) is 1. The zero-order chi connectivity index (χ0) is 12.7. The van der Waals surface area contributed by atoms with E-state index in [2.05, 4.69) is 10.5 Å². The lowest BCUT2D eigenvalue weighted by Crippen LogP contribution is -2.45. The van der Waals surface area contributed by atoms with Crippen LogP contribution in [0.15, 0.2) is 35.5 Å². The van der Waals surface area contributed by atoms with Crippen LogP contribution in [0.3, 0.4) is 0 Å². The Labute approximate surface area is 99.1 Å². The van der Waals surface area contributed by atoms with Gasteiger partial charge in [0.05, 0.1) is 6.04 Å². The van der Waals surface area contributed by atoms with Gasteiger partial charge < -0.3 is 21.0 Å². The van der Waals surface area contributed by atoms with Crippen molar-refractivity contribution in [2.24, 2.45) is 10.9 Å². The van der Waals surface area contributed by atoms with E-state index >= 15 is 0 Å². The summed E-state index contributed by atoms with van der Waals surface area (Å²) in [5, 5.41) is 13.8. The fourth-order valence-electron chi connectivity index (χ4n) is 1.22. The first-order chi connectivity index (χ1) is 8.17. The number of amides is 1. The molecule has 92 valence electrons. The molecule has 1 amide bonds. The first-order valence-electron chi connectivity index (χ1n) is 5.18. The molecule has 0 saturated heterocycles. The van der Waals surface area contributed by atoms with Crippen LogP contribution in [-0.4, -0.2) is 23.2 Å². The second-order valence-electron chi connectivity index (χ2n) is 3.33. The largest absolute Gasteiger partial charge is 0.413 e. The second kappa shape index (κ2) is 6.37. The minimum absolute atomic E-state index is 0.0579. The lowest BCUT2D eigenvalue weighted by atomic mass is 10.2. The predicted octanol–water partition coefficient (Wildman–Crippen LogP) is 1.30. The Morgan fingerprint density at radius 3 is 2.71 bits per heavy atom. The molecule has 0 fully saturated rings. The predicted molar refractivity (Wildman–Crippen MR) is 63.1 cm³/mol. The van der Waals surface area contributed by atoms with Crippen molar-refractivity contribution >= 4 is 11.9 Å². The number of carbonyl (C=O) groups is 1. The number of hydrogen-bond acceptors (Lipinski definition) is 4. The van der Waals surface area contributed by atoms with Crippen LogP contribution in [-0.2, 0) is 0 Å². The summed E-state index contributed by atoms with van der Waals surface area (Å²) in [5.41, 5.74) is 5.40. The fraction of sp³-hybridized carbons (Fsp3) is 0.273. The number of carbonyl (C=O) groups excluding carboxylic acids is 1. The molecule has 0 aliphatic heterocycles. The molecule has 1 aromatic rings. The number of para-hydroxylation sites is 1. The molecule has 0 saturated carbocycles. The van der Waals surface area contributed by atoms with Crippen molar-refractivity contribution in [3.05, 3.63) is 30.3 Å². The topological polar surface area (TPSA) is 96.9 Å². The van der Waals surface area contributed by atoms with Gasteiger partial charge in [-0.15, -0.1) is 0 Å². The van der Waals surface area contributed by atoms with Gasteiger partial charge >= 0.3 is 6.09 Å². The van der Waals surface area contributed by atoms with E-state index < -0.39 is 12.1 Å². The van der Waals surface area contributed by atoms with Gasteiger partial charge in [-0.2, -0.15) is 0 Å². The van der Waals surface area contributed by atoms with Gasteiger partial charge in [-0.3, -0.25) is 0 Å². The maximum atomic E-state index is 11.5. The van der Waals surface area contributed by atoms with E-state index in [-0.39, 0.29) is 5.84 Å². The number of oxime groups is 1. The first kappa shape index (κ1) is 12.8. The van der Waals surface area contributed by atoms with E-state index in [0.29, 0.717) is 12.2 Å². The molecule has 1 unspecified atom stereocenters. The Kier molecular flexibility index (Phi) is 4.80. The highest BCUT2D eigenvalue weighted by molar-refractivity contribution is 5.88. The summed E-state index contributed by atoms with van der Waals surface area (Å²) < 4.78 is 5.00. The Hall–Kier alpha value is -2.24. The maximum Gasteiger partial charge on any atom is 0.413 e. The number of hydrogen-bond donors (Lipinski definition) is 3. The fourth-order valence-corrected chi connectivity index (χ4v) is 1.22. The van der Waals surface area contributed by atoms with E-state index in [1.165, 1.54) is 0 Å². The summed E-state index contributed by atoms with van der Waals surface area (Å²) in [6.07, 6.45) is -0.144. The highest BCUT2D eigenvalue weighted by atomic mass is 16.6. The zero-order valence-electron chi connectivity index (χ0n) is 9.46. The smallest absolute Gasteiger partial charge is 0.410 e. The van der Waals surface area contributed by atoms with Crippen molar-refractivity contribution in [2.75, 3.05) is 0 Å². The van der Waals surface area contributed by atoms with Crippen LogP contribution < -0.4 is 15.8 Å². The Morgan fingerprint density at radius 1 is 1.53 bits per heavy atom. The van der Waals surface area contributed by atoms with Crippen LogP contribution in [0.25, 0.3) is 0 Å². The molecular formula is C11H15N3O3. The van der Waals surface area contributed by atoms with Crippen molar-refractivity contribution in [1.29, 1.82) is 0 Å². The van der Waals surface area contributed by atoms with Crippen molar-refractivity contribution < 1.29 is 14.7 Å². The van der Waals surface area contributed by atoms with Crippen LogP contribution >= 0.6 is 0 Å². The SMILES string of the molecule is CCC(NC(=O)Oc1ccccc1)/C(N)=N/O. The Morgan fingerprint density at radius 2 is 2.18 bits per heavy atom. The number of amidine groups is 1. The molecule has 0 bridgehead atoms. The average Bonchev–Trinajstić information content (AvgIpc) is 2.36. The van der Waals surface area contributed by atoms with E-state index in [9.17, 15) is 4.79 Å². The summed E-state index contributed by atoms with van der Waals surface area (Å²) in [6.45, 7) is 1.80. The molecule has 0 spiro atoms. The third-order valence-electron chi connectivity index (χ3n) is 2.13. The van der Waals surface area contributed by atoms with Crippen molar-refractivity contribution in [3.63, 3.8) is 0 Å². The van der Waals surface area contributed by atoms with Gasteiger partial charge in [-0.05, 0) is 18.6 Å². The zero-order valence-corrected chi connectivity index (χ0v) is 9.46. The molecule has 0 aliphatic carbocycles. The molecule has 0 aromatic heterocycles. The van der Waals surface area contributed by atoms with E-state index in [4.69, 9.17) is 15.7 Å². The van der Waals surface area contributed by atoms with Crippen LogP contribution in [0.1, 0.15) is 13.3 Å². The molecule has 17 heavy (non-hydrogen) atoms. The molecule has 0 radical (unpaired) electrons. The summed E-state index contributed by atoms with van der Waals surface area (Å²) >= 11 is 0. The normalized spacial score (nSPS) is 12.9. The summed E-state index contributed by atoms with van der Waals surface area (Å²) in [6, 6.07) is 8.09. The molecule has 1 rings (SSSR count). The van der Waals surface area contributed by atoms with Gasteiger partial charge in [-0.1, -0.05) is 30.3 Å². The monoisotopic (exact) mass is 237 g/mol. The van der Waals surface area contributed by atoms with Gasteiger partial charge in [0.1, 0.15) is 5.75 Å². The summed E-state index contributed by atoms with van der Waals surface area (Å²) in [4.78, 5) is 11.5. The lowest BCUT2D eigenvalue weighted by Gasteiger charge is -2.14. The summed E-state index contributed by atoms with van der Waals surface area (Å²) in [5.74, 6) is 0.372. The molecular weight excluding hydrogens is 222 g/mol. The number of nitrogens with two attached hydrogens (primary N) is 1. The van der Waals surface area contributed by atoms with E-state index in [0.717, 1.165) is 0 Å². The van der Waals surface area contributed by atoms with Crippen molar-refractivity contribution in [1.82, 2.24) is 5.32 Å². The van der Waals surface area contributed by atoms with E-state index in [1.54, 1.807) is 31.2 Å². The summed E-state index contributed by atoms with van der Waals surface area (Å²) in [7, 11) is 0. The molecule has 6 heteroatoms. The minimum atomic E-state index is -0.644. The number of nitrogens with zero attached hydrogens (tertiary/aromatic N) is 1. The third kappa shape index (κ3) is 4.02. The Balaban J connectivity index is 2.55. The highest BCUT2D eigenvalue weighted by Crippen LogP contribution is 2.08. The van der Waals surface area contributed by atoms with Gasteiger partial charge in [0.25, 0.3) is 0 Å². The van der Waals surface area contributed by atoms with Crippen LogP contribution in [0.4, 0.5) is 4.79 Å². The van der Waals surface area contributed by atoms with E-state index in [1.807, 2.05) is 6.07 Å². The number of rotatable bonds is 4. The van der Waals surface area contributed by atoms with Crippen LogP contribution in [0.5, 0.6) is 5.75 Å². The van der Waals surface area contributed by atoms with Gasteiger partial charge in [0.15, 0.2) is 5.84 Å². The van der Waals surface area contributed by atoms with Gasteiger partial charge in [-0.25, -0.2) is 4.79 Å². The van der Waals surface area contributed by atoms with Crippen LogP contribution in [0.2, 0.25) is 0 Å². The molecule has 0 aliphatic rings. The molecule has 0 heterocycles. The molecule has 6 nitrogen and oxygen atoms in total. The van der Waals surface area contributed by atoms with Crippen molar-refractivity contribution in [3.8, 4) is 5.75 Å². The number of ether oxygens (including phenoxy) is 1. The van der Waals surface area contributed by atoms with Gasteiger partial charge in [0.2, 0.25) is 0 Å². The lowest BCUT2D eigenvalue weighted by molar-refractivity contribution is 0.198.